The van der Waals surface area contributed by atoms with E-state index in [0.717, 1.165) is 32.7 Å². The zero-order chi connectivity index (χ0) is 16.8. The third-order valence-electron chi connectivity index (χ3n) is 6.93. The van der Waals surface area contributed by atoms with Crippen LogP contribution in [0.4, 0.5) is 0 Å². The number of carbonyl (C=O) groups is 2. The Labute approximate surface area is 133 Å². The molecule has 1 heterocycles. The van der Waals surface area contributed by atoms with Crippen molar-refractivity contribution < 1.29 is 14.7 Å². The summed E-state index contributed by atoms with van der Waals surface area (Å²) in [6, 6.07) is 0. The molecule has 0 aromatic rings. The van der Waals surface area contributed by atoms with Gasteiger partial charge in [0.1, 0.15) is 0 Å². The minimum Gasteiger partial charge on any atom is -0.481 e. The van der Waals surface area contributed by atoms with Gasteiger partial charge in [0, 0.05) is 26.2 Å². The van der Waals surface area contributed by atoms with E-state index in [1.807, 2.05) is 25.7 Å². The van der Waals surface area contributed by atoms with Crippen LogP contribution >= 0.6 is 0 Å². The number of carboxylic acids is 1. The molecular weight excluding hydrogens is 280 g/mol. The maximum absolute atomic E-state index is 13.2. The average Bonchev–Trinajstić information content (AvgIpc) is 2.69. The molecule has 1 amide bonds. The van der Waals surface area contributed by atoms with E-state index < -0.39 is 22.2 Å². The average molecular weight is 310 g/mol. The molecule has 1 aliphatic carbocycles. The van der Waals surface area contributed by atoms with Crippen LogP contribution in [0.1, 0.15) is 47.5 Å². The predicted octanol–water partition coefficient (Wildman–Crippen LogP) is 2.07. The van der Waals surface area contributed by atoms with Crippen molar-refractivity contribution in [3.05, 3.63) is 0 Å². The monoisotopic (exact) mass is 310 g/mol. The van der Waals surface area contributed by atoms with Crippen molar-refractivity contribution in [3.63, 3.8) is 0 Å². The number of nitrogens with zero attached hydrogens (tertiary/aromatic N) is 2. The standard InChI is InChI=1S/C17H30N2O3/c1-6-18-9-11-19(12-10-18)13(20)16(4)7-8-17(5,14(21)22)15(16,2)3/h6-12H2,1-5H3,(H,21,22). The quantitative estimate of drug-likeness (QED) is 0.867. The zero-order valence-corrected chi connectivity index (χ0v) is 14.6. The smallest absolute Gasteiger partial charge is 0.309 e. The first-order valence-electron chi connectivity index (χ1n) is 8.35. The van der Waals surface area contributed by atoms with Crippen molar-refractivity contribution in [2.75, 3.05) is 32.7 Å². The Hall–Kier alpha value is -1.10. The third kappa shape index (κ3) is 2.25. The number of amides is 1. The van der Waals surface area contributed by atoms with Crippen LogP contribution in [0, 0.1) is 16.2 Å². The largest absolute Gasteiger partial charge is 0.481 e. The van der Waals surface area contributed by atoms with Crippen LogP contribution in [-0.2, 0) is 9.59 Å². The number of aliphatic carboxylic acids is 1. The SMILES string of the molecule is CCN1CCN(C(=O)C2(C)CCC(C)(C(=O)O)C2(C)C)CC1. The molecule has 22 heavy (non-hydrogen) atoms. The van der Waals surface area contributed by atoms with Crippen molar-refractivity contribution >= 4 is 11.9 Å². The van der Waals surface area contributed by atoms with Gasteiger partial charge in [-0.05, 0) is 31.7 Å². The zero-order valence-electron chi connectivity index (χ0n) is 14.6. The number of likely N-dealkylation sites (N-methyl/N-ethyl adjacent to an activating group) is 1. The van der Waals surface area contributed by atoms with Gasteiger partial charge >= 0.3 is 5.97 Å². The topological polar surface area (TPSA) is 60.9 Å². The Balaban J connectivity index is 2.21. The molecule has 0 spiro atoms. The Morgan fingerprint density at radius 3 is 1.86 bits per heavy atom. The van der Waals surface area contributed by atoms with Crippen LogP contribution in [0.5, 0.6) is 0 Å². The number of carboxylic acid groups (broad SMARTS) is 1. The lowest BCUT2D eigenvalue weighted by Gasteiger charge is -2.47. The molecule has 2 unspecified atom stereocenters. The van der Waals surface area contributed by atoms with Crippen LogP contribution in [0.2, 0.25) is 0 Å². The lowest BCUT2D eigenvalue weighted by atomic mass is 9.59. The Bertz CT molecular complexity index is 469. The maximum atomic E-state index is 13.2. The highest BCUT2D eigenvalue weighted by atomic mass is 16.4. The van der Waals surface area contributed by atoms with Gasteiger partial charge in [0.05, 0.1) is 10.8 Å². The Kier molecular flexibility index (Phi) is 4.33. The maximum Gasteiger partial charge on any atom is 0.309 e. The van der Waals surface area contributed by atoms with Crippen LogP contribution in [0.25, 0.3) is 0 Å². The van der Waals surface area contributed by atoms with Gasteiger partial charge in [-0.15, -0.1) is 0 Å². The van der Waals surface area contributed by atoms with Crippen molar-refractivity contribution in [1.29, 1.82) is 0 Å². The summed E-state index contributed by atoms with van der Waals surface area (Å²) in [4.78, 5) is 29.2. The third-order valence-corrected chi connectivity index (χ3v) is 6.93. The second-order valence-electron chi connectivity index (χ2n) is 7.82. The highest BCUT2D eigenvalue weighted by Gasteiger charge is 2.65. The fraction of sp³-hybridized carbons (Fsp3) is 0.882. The molecule has 1 N–H and O–H groups in total. The van der Waals surface area contributed by atoms with Gasteiger partial charge in [0.15, 0.2) is 0 Å². The number of rotatable bonds is 3. The summed E-state index contributed by atoms with van der Waals surface area (Å²) in [5.74, 6) is -0.650. The van der Waals surface area contributed by atoms with Crippen LogP contribution < -0.4 is 0 Å². The molecule has 5 nitrogen and oxygen atoms in total. The highest BCUT2D eigenvalue weighted by molar-refractivity contribution is 5.87. The normalized spacial score (nSPS) is 35.6. The molecule has 1 saturated carbocycles. The van der Waals surface area contributed by atoms with E-state index in [2.05, 4.69) is 11.8 Å². The fourth-order valence-electron chi connectivity index (χ4n) is 4.10. The molecule has 0 aromatic carbocycles. The van der Waals surface area contributed by atoms with Gasteiger partial charge in [0.2, 0.25) is 5.91 Å². The predicted molar refractivity (Wildman–Crippen MR) is 85.6 cm³/mol. The van der Waals surface area contributed by atoms with Crippen LogP contribution in [-0.4, -0.2) is 59.5 Å². The number of piperazine rings is 1. The molecule has 1 aliphatic heterocycles. The van der Waals surface area contributed by atoms with Crippen LogP contribution in [0.15, 0.2) is 0 Å². The lowest BCUT2D eigenvalue weighted by molar-refractivity contribution is -0.162. The molecule has 126 valence electrons. The van der Waals surface area contributed by atoms with Gasteiger partial charge < -0.3 is 14.9 Å². The van der Waals surface area contributed by atoms with Gasteiger partial charge in [-0.25, -0.2) is 0 Å². The minimum atomic E-state index is -0.845. The van der Waals surface area contributed by atoms with Crippen molar-refractivity contribution in [1.82, 2.24) is 9.80 Å². The summed E-state index contributed by atoms with van der Waals surface area (Å²) in [5.41, 5.74) is -2.01. The molecular formula is C17H30N2O3. The summed E-state index contributed by atoms with van der Waals surface area (Å²) in [6.45, 7) is 14.1. The molecule has 0 bridgehead atoms. The van der Waals surface area contributed by atoms with E-state index in [1.165, 1.54) is 0 Å². The fourth-order valence-corrected chi connectivity index (χ4v) is 4.10. The lowest BCUT2D eigenvalue weighted by Crippen LogP contribution is -2.56. The first-order valence-corrected chi connectivity index (χ1v) is 8.35. The summed E-state index contributed by atoms with van der Waals surface area (Å²) in [5, 5.41) is 9.67. The molecule has 2 rings (SSSR count). The second-order valence-corrected chi connectivity index (χ2v) is 7.82. The molecule has 5 heteroatoms. The summed E-state index contributed by atoms with van der Waals surface area (Å²) in [6.07, 6.45) is 1.21. The molecule has 1 saturated heterocycles. The first kappa shape index (κ1) is 17.3. The molecule has 2 aliphatic rings. The highest BCUT2D eigenvalue weighted by Crippen LogP contribution is 2.63. The van der Waals surface area contributed by atoms with Gasteiger partial charge in [0.25, 0.3) is 0 Å². The van der Waals surface area contributed by atoms with E-state index in [4.69, 9.17) is 0 Å². The summed E-state index contributed by atoms with van der Waals surface area (Å²) >= 11 is 0. The van der Waals surface area contributed by atoms with Crippen molar-refractivity contribution in [2.24, 2.45) is 16.2 Å². The van der Waals surface area contributed by atoms with E-state index in [-0.39, 0.29) is 5.91 Å². The number of carbonyl (C=O) groups excluding carboxylic acids is 1. The summed E-state index contributed by atoms with van der Waals surface area (Å²) in [7, 11) is 0. The van der Waals surface area contributed by atoms with Gasteiger partial charge in [-0.2, -0.15) is 0 Å². The number of hydrogen-bond donors (Lipinski definition) is 1. The summed E-state index contributed by atoms with van der Waals surface area (Å²) < 4.78 is 0. The Morgan fingerprint density at radius 2 is 1.45 bits per heavy atom. The van der Waals surface area contributed by atoms with Crippen LogP contribution in [0.3, 0.4) is 0 Å². The van der Waals surface area contributed by atoms with Gasteiger partial charge in [-0.3, -0.25) is 9.59 Å². The van der Waals surface area contributed by atoms with Crippen molar-refractivity contribution in [2.45, 2.75) is 47.5 Å². The second kappa shape index (κ2) is 5.52. The van der Waals surface area contributed by atoms with E-state index in [1.54, 1.807) is 6.92 Å². The molecule has 2 atom stereocenters. The van der Waals surface area contributed by atoms with E-state index in [9.17, 15) is 14.7 Å². The molecule has 0 radical (unpaired) electrons. The molecule has 2 fully saturated rings. The number of hydrogen-bond acceptors (Lipinski definition) is 3. The Morgan fingerprint density at radius 1 is 0.955 bits per heavy atom. The van der Waals surface area contributed by atoms with E-state index in [0.29, 0.717) is 12.8 Å². The van der Waals surface area contributed by atoms with E-state index >= 15 is 0 Å². The van der Waals surface area contributed by atoms with Gasteiger partial charge in [-0.1, -0.05) is 27.7 Å². The minimum absolute atomic E-state index is 0.137. The van der Waals surface area contributed by atoms with Crippen molar-refractivity contribution in [3.8, 4) is 0 Å². The first-order chi connectivity index (χ1) is 10.1. The molecule has 0 aromatic heterocycles.